The SMILES string of the molecule is C=C(/C=C(/CF)C(=O)NC)Cn1cnc(C(F)(F)F)c(Oc2cc(Cl)cc(C#N)c2)c1=O. The molecule has 168 valence electrons. The first-order valence-corrected chi connectivity index (χ1v) is 9.09. The van der Waals surface area contributed by atoms with Crippen molar-refractivity contribution in [3.05, 3.63) is 75.0 Å². The molecule has 0 unspecified atom stereocenters. The molecule has 0 saturated carbocycles. The average molecular weight is 471 g/mol. The van der Waals surface area contributed by atoms with E-state index in [-0.39, 0.29) is 27.5 Å². The number of rotatable bonds is 7. The first kappa shape index (κ1) is 24.6. The van der Waals surface area contributed by atoms with Crippen LogP contribution in [0.2, 0.25) is 5.02 Å². The minimum Gasteiger partial charge on any atom is -0.449 e. The molecule has 7 nitrogen and oxygen atoms in total. The highest BCUT2D eigenvalue weighted by molar-refractivity contribution is 6.30. The number of alkyl halides is 4. The Hall–Kier alpha value is -3.65. The third kappa shape index (κ3) is 5.95. The molecule has 0 fully saturated rings. The Kier molecular flexibility index (Phi) is 7.77. The molecule has 1 aromatic carbocycles. The molecule has 2 rings (SSSR count). The van der Waals surface area contributed by atoms with Gasteiger partial charge < -0.3 is 10.1 Å². The summed E-state index contributed by atoms with van der Waals surface area (Å²) in [7, 11) is 1.29. The summed E-state index contributed by atoms with van der Waals surface area (Å²) in [5, 5.41) is 11.2. The maximum absolute atomic E-state index is 13.4. The fraction of sp³-hybridized carbons (Fsp3) is 0.200. The van der Waals surface area contributed by atoms with Crippen LogP contribution in [0.25, 0.3) is 0 Å². The van der Waals surface area contributed by atoms with Crippen LogP contribution < -0.4 is 15.6 Å². The van der Waals surface area contributed by atoms with Crippen molar-refractivity contribution in [1.29, 1.82) is 5.26 Å². The number of allylic oxidation sites excluding steroid dienone is 2. The standard InChI is InChI=1S/C20H15ClF4N4O3/c1-11(3-13(7-22)18(30)27-2)9-29-10-28-17(20(23,24)25)16(19(29)31)32-15-5-12(8-26)4-14(21)6-15/h3-6,10H,1,7,9H2,2H3,(H,27,30)/b13-3-. The maximum Gasteiger partial charge on any atom is 0.437 e. The Bertz CT molecular complexity index is 1180. The van der Waals surface area contributed by atoms with Crippen molar-refractivity contribution in [2.24, 2.45) is 0 Å². The number of halogens is 5. The summed E-state index contributed by atoms with van der Waals surface area (Å²) in [5.74, 6) is -2.15. The van der Waals surface area contributed by atoms with Crippen LogP contribution in [0.5, 0.6) is 11.5 Å². The lowest BCUT2D eigenvalue weighted by molar-refractivity contribution is -0.142. The molecular weight excluding hydrogens is 456 g/mol. The minimum atomic E-state index is -5.03. The zero-order chi connectivity index (χ0) is 24.1. The van der Waals surface area contributed by atoms with Crippen LogP contribution in [0, 0.1) is 11.3 Å². The Morgan fingerprint density at radius 1 is 1.41 bits per heavy atom. The number of nitrogens with one attached hydrogen (secondary N) is 1. The molecule has 1 heterocycles. The third-order valence-electron chi connectivity index (χ3n) is 3.90. The monoisotopic (exact) mass is 470 g/mol. The van der Waals surface area contributed by atoms with Crippen molar-refractivity contribution in [1.82, 2.24) is 14.9 Å². The van der Waals surface area contributed by atoms with E-state index < -0.39 is 42.3 Å². The Labute approximate surface area is 184 Å². The lowest BCUT2D eigenvalue weighted by Crippen LogP contribution is -2.27. The molecular formula is C20H15ClF4N4O3. The number of carbonyl (C=O) groups is 1. The molecule has 0 aliphatic carbocycles. The molecule has 1 aromatic heterocycles. The van der Waals surface area contributed by atoms with Gasteiger partial charge in [-0.15, -0.1) is 0 Å². The lowest BCUT2D eigenvalue weighted by Gasteiger charge is -2.15. The van der Waals surface area contributed by atoms with E-state index in [9.17, 15) is 27.2 Å². The topological polar surface area (TPSA) is 97.0 Å². The van der Waals surface area contributed by atoms with Gasteiger partial charge in [0, 0.05) is 17.6 Å². The zero-order valence-electron chi connectivity index (χ0n) is 16.5. The number of likely N-dealkylation sites (N-methyl/N-ethyl adjacent to an activating group) is 1. The smallest absolute Gasteiger partial charge is 0.437 e. The van der Waals surface area contributed by atoms with Crippen LogP contribution in [0.4, 0.5) is 17.6 Å². The van der Waals surface area contributed by atoms with Gasteiger partial charge in [-0.1, -0.05) is 18.2 Å². The second-order valence-electron chi connectivity index (χ2n) is 6.28. The molecule has 1 N–H and O–H groups in total. The number of hydrogen-bond acceptors (Lipinski definition) is 5. The second-order valence-corrected chi connectivity index (χ2v) is 6.72. The van der Waals surface area contributed by atoms with Crippen molar-refractivity contribution in [3.8, 4) is 17.6 Å². The van der Waals surface area contributed by atoms with Gasteiger partial charge in [0.2, 0.25) is 11.7 Å². The molecule has 0 bridgehead atoms. The molecule has 0 aliphatic rings. The van der Waals surface area contributed by atoms with E-state index in [1.807, 2.05) is 0 Å². The summed E-state index contributed by atoms with van der Waals surface area (Å²) in [6, 6.07) is 5.24. The van der Waals surface area contributed by atoms with E-state index in [1.54, 1.807) is 6.07 Å². The second kappa shape index (κ2) is 10.1. The number of nitriles is 1. The fourth-order valence-corrected chi connectivity index (χ4v) is 2.74. The van der Waals surface area contributed by atoms with Crippen molar-refractivity contribution in [2.75, 3.05) is 13.7 Å². The summed E-state index contributed by atoms with van der Waals surface area (Å²) in [6.07, 6.45) is -3.33. The number of ether oxygens (including phenoxy) is 1. The molecule has 32 heavy (non-hydrogen) atoms. The summed E-state index contributed by atoms with van der Waals surface area (Å²) < 4.78 is 59.2. The van der Waals surface area contributed by atoms with Crippen molar-refractivity contribution in [3.63, 3.8) is 0 Å². The largest absolute Gasteiger partial charge is 0.449 e. The summed E-state index contributed by atoms with van der Waals surface area (Å²) in [6.45, 7) is 2.06. The number of amides is 1. The molecule has 0 aliphatic heterocycles. The van der Waals surface area contributed by atoms with Crippen molar-refractivity contribution in [2.45, 2.75) is 12.7 Å². The molecule has 1 amide bonds. The molecule has 12 heteroatoms. The van der Waals surface area contributed by atoms with Crippen LogP contribution in [-0.4, -0.2) is 29.2 Å². The highest BCUT2D eigenvalue weighted by Crippen LogP contribution is 2.35. The summed E-state index contributed by atoms with van der Waals surface area (Å²) in [5.41, 5.74) is -3.05. The van der Waals surface area contributed by atoms with Gasteiger partial charge >= 0.3 is 6.18 Å². The van der Waals surface area contributed by atoms with E-state index >= 15 is 0 Å². The van der Waals surface area contributed by atoms with Crippen LogP contribution in [0.3, 0.4) is 0 Å². The van der Waals surface area contributed by atoms with Crippen molar-refractivity contribution >= 4 is 17.5 Å². The van der Waals surface area contributed by atoms with Crippen LogP contribution in [-0.2, 0) is 17.5 Å². The number of hydrogen-bond donors (Lipinski definition) is 1. The molecule has 0 radical (unpaired) electrons. The Morgan fingerprint density at radius 3 is 2.66 bits per heavy atom. The van der Waals surface area contributed by atoms with Gasteiger partial charge in [0.25, 0.3) is 5.56 Å². The highest BCUT2D eigenvalue weighted by atomic mass is 35.5. The summed E-state index contributed by atoms with van der Waals surface area (Å²) >= 11 is 5.83. The van der Waals surface area contributed by atoms with Gasteiger partial charge in [0.05, 0.1) is 24.5 Å². The van der Waals surface area contributed by atoms with E-state index in [4.69, 9.17) is 21.6 Å². The number of benzene rings is 1. The maximum atomic E-state index is 13.4. The van der Waals surface area contributed by atoms with Crippen LogP contribution in [0.1, 0.15) is 11.3 Å². The molecule has 0 spiro atoms. The average Bonchev–Trinajstić information content (AvgIpc) is 2.72. The summed E-state index contributed by atoms with van der Waals surface area (Å²) in [4.78, 5) is 27.6. The molecule has 2 aromatic rings. The predicted octanol–water partition coefficient (Wildman–Crippen LogP) is 3.78. The molecule has 0 saturated heterocycles. The first-order valence-electron chi connectivity index (χ1n) is 8.71. The van der Waals surface area contributed by atoms with E-state index in [0.717, 1.165) is 22.8 Å². The van der Waals surface area contributed by atoms with Gasteiger partial charge in [0.15, 0.2) is 5.69 Å². The first-order chi connectivity index (χ1) is 15.0. The quantitative estimate of drug-likeness (QED) is 0.377. The lowest BCUT2D eigenvalue weighted by atomic mass is 10.1. The van der Waals surface area contributed by atoms with Crippen molar-refractivity contribution < 1.29 is 27.1 Å². The van der Waals surface area contributed by atoms with Gasteiger partial charge in [-0.05, 0) is 29.8 Å². The molecule has 0 atom stereocenters. The number of carbonyl (C=O) groups excluding carboxylic acids is 1. The fourth-order valence-electron chi connectivity index (χ4n) is 2.52. The van der Waals surface area contributed by atoms with Gasteiger partial charge in [0.1, 0.15) is 12.4 Å². The number of nitrogens with zero attached hydrogens (tertiary/aromatic N) is 3. The van der Waals surface area contributed by atoms with Crippen LogP contribution in [0.15, 0.2) is 53.1 Å². The van der Waals surface area contributed by atoms with E-state index in [2.05, 4.69) is 16.9 Å². The highest BCUT2D eigenvalue weighted by Gasteiger charge is 2.38. The third-order valence-corrected chi connectivity index (χ3v) is 4.12. The minimum absolute atomic E-state index is 0.00302. The zero-order valence-corrected chi connectivity index (χ0v) is 17.2. The Balaban J connectivity index is 2.51. The van der Waals surface area contributed by atoms with Gasteiger partial charge in [-0.2, -0.15) is 18.4 Å². The Morgan fingerprint density at radius 2 is 2.09 bits per heavy atom. The van der Waals surface area contributed by atoms with Gasteiger partial charge in [-0.3, -0.25) is 14.2 Å². The number of aromatic nitrogens is 2. The van der Waals surface area contributed by atoms with E-state index in [1.165, 1.54) is 13.1 Å². The normalized spacial score (nSPS) is 11.6. The predicted molar refractivity (Wildman–Crippen MR) is 107 cm³/mol. The van der Waals surface area contributed by atoms with Crippen LogP contribution >= 0.6 is 11.6 Å². The van der Waals surface area contributed by atoms with Gasteiger partial charge in [-0.25, -0.2) is 9.37 Å². The van der Waals surface area contributed by atoms with E-state index in [0.29, 0.717) is 6.33 Å².